The highest BCUT2D eigenvalue weighted by Crippen LogP contribution is 2.42. The van der Waals surface area contributed by atoms with Gasteiger partial charge in [0.15, 0.2) is 6.61 Å². The van der Waals surface area contributed by atoms with Crippen molar-refractivity contribution in [3.8, 4) is 0 Å². The first-order valence-electron chi connectivity index (χ1n) is 11.0. The lowest BCUT2D eigenvalue weighted by Crippen LogP contribution is -2.53. The van der Waals surface area contributed by atoms with E-state index in [0.29, 0.717) is 19.5 Å². The number of alkyl halides is 3. The minimum absolute atomic E-state index is 0.00254. The number of ether oxygens (including phenoxy) is 1. The number of carbonyl (C=O) groups excluding carboxylic acids is 3. The van der Waals surface area contributed by atoms with E-state index < -0.39 is 37.4 Å². The van der Waals surface area contributed by atoms with Gasteiger partial charge in [0.1, 0.15) is 19.1 Å². The summed E-state index contributed by atoms with van der Waals surface area (Å²) in [5.41, 5.74) is 0. The molecular weight excluding hydrogens is 433 g/mol. The van der Waals surface area contributed by atoms with Crippen LogP contribution in [0.25, 0.3) is 0 Å². The summed E-state index contributed by atoms with van der Waals surface area (Å²) in [6, 6.07) is -1.01. The Labute approximate surface area is 184 Å². The molecule has 1 saturated carbocycles. The zero-order valence-electron chi connectivity index (χ0n) is 18.0. The predicted octanol–water partition coefficient (Wildman–Crippen LogP) is 2.30. The number of halogens is 3. The van der Waals surface area contributed by atoms with E-state index in [9.17, 15) is 32.5 Å². The molecule has 3 fully saturated rings. The van der Waals surface area contributed by atoms with Crippen molar-refractivity contribution in [3.63, 3.8) is 0 Å². The highest BCUT2D eigenvalue weighted by Gasteiger charge is 2.50. The Morgan fingerprint density at radius 2 is 1.84 bits per heavy atom. The molecule has 9 nitrogen and oxygen atoms in total. The average molecular weight is 462 g/mol. The number of nitroso groups, excluding NO2 is 1. The van der Waals surface area contributed by atoms with E-state index >= 15 is 0 Å². The molecule has 0 aromatic rings. The Hall–Kier alpha value is -2.40. The zero-order valence-corrected chi connectivity index (χ0v) is 18.0. The largest absolute Gasteiger partial charge is 0.440 e. The van der Waals surface area contributed by atoms with E-state index in [-0.39, 0.29) is 36.2 Å². The van der Waals surface area contributed by atoms with Gasteiger partial charge in [-0.05, 0) is 37.0 Å². The summed E-state index contributed by atoms with van der Waals surface area (Å²) in [6.45, 7) is 0.521. The molecule has 32 heavy (non-hydrogen) atoms. The molecule has 2 aliphatic heterocycles. The Bertz CT molecular complexity index is 735. The number of nitrogens with one attached hydrogen (secondary N) is 1. The van der Waals surface area contributed by atoms with Gasteiger partial charge in [-0.15, -0.1) is 0 Å². The van der Waals surface area contributed by atoms with Crippen LogP contribution < -0.4 is 5.32 Å². The second-order valence-corrected chi connectivity index (χ2v) is 9.04. The molecule has 0 aromatic heterocycles. The van der Waals surface area contributed by atoms with Crippen LogP contribution in [0.15, 0.2) is 5.18 Å². The minimum Gasteiger partial charge on any atom is -0.440 e. The molecule has 180 valence electrons. The van der Waals surface area contributed by atoms with Gasteiger partial charge in [-0.2, -0.15) is 18.1 Å². The van der Waals surface area contributed by atoms with Crippen molar-refractivity contribution < 1.29 is 32.3 Å². The number of carbonyl (C=O) groups is 3. The van der Waals surface area contributed by atoms with Gasteiger partial charge in [0, 0.05) is 13.1 Å². The molecule has 3 amide bonds. The van der Waals surface area contributed by atoms with E-state index in [0.717, 1.165) is 25.7 Å². The quantitative estimate of drug-likeness (QED) is 0.610. The van der Waals surface area contributed by atoms with Crippen LogP contribution in [0.3, 0.4) is 0 Å². The van der Waals surface area contributed by atoms with Crippen LogP contribution in [-0.2, 0) is 14.3 Å². The normalized spacial score (nSPS) is 30.1. The first kappa shape index (κ1) is 24.2. The summed E-state index contributed by atoms with van der Waals surface area (Å²) >= 11 is 0. The van der Waals surface area contributed by atoms with E-state index in [1.54, 1.807) is 4.90 Å². The van der Waals surface area contributed by atoms with Gasteiger partial charge in [-0.3, -0.25) is 9.59 Å². The highest BCUT2D eigenvalue weighted by atomic mass is 19.4. The Kier molecular flexibility index (Phi) is 7.60. The molecule has 0 bridgehead atoms. The Balaban J connectivity index is 1.69. The first-order chi connectivity index (χ1) is 15.1. The Morgan fingerprint density at radius 3 is 2.53 bits per heavy atom. The third kappa shape index (κ3) is 5.69. The number of alkyl carbamates (subject to hydrolysis) is 1. The van der Waals surface area contributed by atoms with Crippen LogP contribution in [-0.4, -0.2) is 78.8 Å². The molecule has 1 N–H and O–H groups in total. The predicted molar refractivity (Wildman–Crippen MR) is 106 cm³/mol. The lowest BCUT2D eigenvalue weighted by Gasteiger charge is -2.34. The van der Waals surface area contributed by atoms with Crippen LogP contribution >= 0.6 is 0 Å². The number of rotatable bonds is 6. The molecule has 0 aromatic carbocycles. The van der Waals surface area contributed by atoms with Crippen molar-refractivity contribution in [2.24, 2.45) is 22.9 Å². The standard InChI is InChI=1S/C20H29F3N4O5/c1-12-6-14(7-25-31)26(9-12)18(29)17-15-5-3-2-4-13(15)10-27(17)16(28)8-24-19(30)32-11-20(21,22)23/h12-15,17H,2-11H2,1H3,(H,24,30)/t12?,13?,14?,15?,17-/m0/s1. The number of amides is 3. The number of fused-ring (bicyclic) bond motifs is 1. The molecule has 1 aliphatic carbocycles. The van der Waals surface area contributed by atoms with E-state index in [2.05, 4.69) is 9.91 Å². The fourth-order valence-electron chi connectivity index (χ4n) is 5.35. The first-order valence-corrected chi connectivity index (χ1v) is 11.0. The smallest absolute Gasteiger partial charge is 0.422 e. The molecule has 3 rings (SSSR count). The van der Waals surface area contributed by atoms with Crippen molar-refractivity contribution in [2.75, 3.05) is 32.8 Å². The average Bonchev–Trinajstić information content (AvgIpc) is 3.30. The fourth-order valence-corrected chi connectivity index (χ4v) is 5.35. The maximum atomic E-state index is 13.6. The van der Waals surface area contributed by atoms with Crippen LogP contribution in [0.4, 0.5) is 18.0 Å². The number of hydrogen-bond acceptors (Lipinski definition) is 6. The third-order valence-electron chi connectivity index (χ3n) is 6.66. The summed E-state index contributed by atoms with van der Waals surface area (Å²) in [5, 5.41) is 5.01. The third-order valence-corrected chi connectivity index (χ3v) is 6.66. The maximum absolute atomic E-state index is 13.6. The van der Waals surface area contributed by atoms with E-state index in [1.807, 2.05) is 12.2 Å². The lowest BCUT2D eigenvalue weighted by molar-refractivity contribution is -0.160. The summed E-state index contributed by atoms with van der Waals surface area (Å²) in [7, 11) is 0. The molecule has 3 aliphatic rings. The van der Waals surface area contributed by atoms with Gasteiger partial charge >= 0.3 is 12.3 Å². The van der Waals surface area contributed by atoms with Crippen LogP contribution in [0.5, 0.6) is 0 Å². The van der Waals surface area contributed by atoms with Gasteiger partial charge in [0.25, 0.3) is 0 Å². The number of nitrogens with zero attached hydrogens (tertiary/aromatic N) is 3. The lowest BCUT2D eigenvalue weighted by atomic mass is 9.78. The second kappa shape index (κ2) is 10.0. The summed E-state index contributed by atoms with van der Waals surface area (Å²) in [6.07, 6.45) is -1.71. The van der Waals surface area contributed by atoms with Crippen molar-refractivity contribution in [3.05, 3.63) is 4.91 Å². The van der Waals surface area contributed by atoms with Gasteiger partial charge in [-0.25, -0.2) is 4.79 Å². The van der Waals surface area contributed by atoms with Crippen molar-refractivity contribution >= 4 is 17.9 Å². The second-order valence-electron chi connectivity index (χ2n) is 9.04. The van der Waals surface area contributed by atoms with Gasteiger partial charge in [0.05, 0.1) is 6.04 Å². The zero-order chi connectivity index (χ0) is 23.5. The monoisotopic (exact) mass is 462 g/mol. The van der Waals surface area contributed by atoms with E-state index in [1.165, 1.54) is 4.90 Å². The highest BCUT2D eigenvalue weighted by molar-refractivity contribution is 5.90. The van der Waals surface area contributed by atoms with Gasteiger partial charge < -0.3 is 19.9 Å². The molecule has 0 radical (unpaired) electrons. The SMILES string of the molecule is CC1CC(CN=O)N(C(=O)[C@@H]2C3CCCCC3CN2C(=O)CNC(=O)OCC(F)(F)F)C1. The van der Waals surface area contributed by atoms with Crippen LogP contribution in [0, 0.1) is 22.7 Å². The molecule has 5 atom stereocenters. The molecule has 2 heterocycles. The van der Waals surface area contributed by atoms with Crippen molar-refractivity contribution in [1.29, 1.82) is 0 Å². The fraction of sp³-hybridized carbons (Fsp3) is 0.850. The van der Waals surface area contributed by atoms with Gasteiger partial charge in [-0.1, -0.05) is 24.9 Å². The minimum atomic E-state index is -4.66. The topological polar surface area (TPSA) is 108 Å². The van der Waals surface area contributed by atoms with Crippen molar-refractivity contribution in [2.45, 2.75) is 57.3 Å². The molecule has 12 heteroatoms. The van der Waals surface area contributed by atoms with Crippen LogP contribution in [0.2, 0.25) is 0 Å². The summed E-state index contributed by atoms with van der Waals surface area (Å²) < 4.78 is 40.6. The number of hydrogen-bond donors (Lipinski definition) is 1. The van der Waals surface area contributed by atoms with Crippen LogP contribution in [0.1, 0.15) is 39.0 Å². The molecular formula is C20H29F3N4O5. The van der Waals surface area contributed by atoms with E-state index in [4.69, 9.17) is 0 Å². The molecule has 4 unspecified atom stereocenters. The number of likely N-dealkylation sites (tertiary alicyclic amines) is 2. The molecule has 0 spiro atoms. The molecule has 2 saturated heterocycles. The maximum Gasteiger partial charge on any atom is 0.422 e. The van der Waals surface area contributed by atoms with Crippen molar-refractivity contribution in [1.82, 2.24) is 15.1 Å². The van der Waals surface area contributed by atoms with Gasteiger partial charge in [0.2, 0.25) is 11.8 Å². The summed E-state index contributed by atoms with van der Waals surface area (Å²) in [4.78, 5) is 51.9. The Morgan fingerprint density at radius 1 is 1.12 bits per heavy atom. The summed E-state index contributed by atoms with van der Waals surface area (Å²) in [5.74, 6) is -0.410.